The van der Waals surface area contributed by atoms with Gasteiger partial charge in [0.15, 0.2) is 22.8 Å². The second-order valence-electron chi connectivity index (χ2n) is 14.0. The van der Waals surface area contributed by atoms with Gasteiger partial charge < -0.3 is 61.7 Å². The molecule has 0 spiro atoms. The Bertz CT molecular complexity index is 2180. The Morgan fingerprint density at radius 2 is 1.65 bits per heavy atom. The predicted molar refractivity (Wildman–Crippen MR) is 219 cm³/mol. The highest BCUT2D eigenvalue weighted by molar-refractivity contribution is 8.13. The van der Waals surface area contributed by atoms with Gasteiger partial charge in [-0.05, 0) is 12.0 Å². The van der Waals surface area contributed by atoms with Crippen molar-refractivity contribution in [3.63, 3.8) is 0 Å². The summed E-state index contributed by atoms with van der Waals surface area (Å²) in [6.07, 6.45) is -6.50. The number of carboxylic acid groups (broad SMARTS) is 1. The van der Waals surface area contributed by atoms with Crippen LogP contribution in [0.3, 0.4) is 0 Å². The number of aliphatic hydroxyl groups is 2. The van der Waals surface area contributed by atoms with Crippen molar-refractivity contribution >= 4 is 75.1 Å². The molecular formula is C32H49N8O19P3S. The normalized spacial score (nSPS) is 20.7. The summed E-state index contributed by atoms with van der Waals surface area (Å²) in [6, 6.07) is 8.54. The Morgan fingerprint density at radius 1 is 1.00 bits per heavy atom. The molecular weight excluding hydrogens is 925 g/mol. The third-order valence-corrected chi connectivity index (χ3v) is 12.3. The number of fused-ring (bicyclic) bond motifs is 1. The molecule has 13 N–H and O–H groups in total. The fraction of sp³-hybridized carbons (Fsp3) is 0.531. The van der Waals surface area contributed by atoms with Gasteiger partial charge >= 0.3 is 29.4 Å². The number of hydrogen-bond donors (Lipinski definition) is 11. The summed E-state index contributed by atoms with van der Waals surface area (Å²) in [7, 11) is -16.4. The van der Waals surface area contributed by atoms with Crippen molar-refractivity contribution in [1.29, 1.82) is 0 Å². The molecule has 27 nitrogen and oxygen atoms in total. The standard InChI is InChI=1S/C23H38N7O17P3S.C9H11NO2/c1-12(31)51-7-6-25-14(32)4-5-26-21(35)18(34)23(2,3)9-44-50(41,42)47-49(39,40)43-8-13-17(46-48(36,37)38)16(33)22(45-13)30-11-29-15-19(24)27-10-28-20(15)30;10-8(9(11)12)6-7-4-2-1-3-5-7/h10-11,13,16-18,22,33-34H,4-9H2,1-3H3,(H,25,32)(H,26,35)(H,39,40)(H,41,42)(H2,24,27,28)(H2,36,37,38);1-5,8H,6,10H2,(H,11,12)/t13-,16-,17-,18?,22-;/m1./s1. The molecule has 4 unspecified atom stereocenters. The van der Waals surface area contributed by atoms with Gasteiger partial charge in [-0.25, -0.2) is 28.6 Å². The zero-order chi connectivity index (χ0) is 47.3. The molecule has 3 heterocycles. The number of benzene rings is 1. The van der Waals surface area contributed by atoms with E-state index in [2.05, 4.69) is 34.4 Å². The van der Waals surface area contributed by atoms with Crippen LogP contribution >= 0.6 is 35.2 Å². The lowest BCUT2D eigenvalue weighted by molar-refractivity contribution is -0.138. The van der Waals surface area contributed by atoms with E-state index in [-0.39, 0.29) is 41.6 Å². The molecule has 0 aliphatic carbocycles. The molecule has 0 bridgehead atoms. The molecule has 2 aromatic heterocycles. The number of phosphoric ester groups is 3. The van der Waals surface area contributed by atoms with E-state index in [1.807, 2.05) is 30.3 Å². The van der Waals surface area contributed by atoms with Gasteiger partial charge in [0.2, 0.25) is 11.8 Å². The summed E-state index contributed by atoms with van der Waals surface area (Å²) < 4.78 is 61.8. The van der Waals surface area contributed by atoms with E-state index in [0.717, 1.165) is 34.5 Å². The lowest BCUT2D eigenvalue weighted by atomic mass is 9.87. The van der Waals surface area contributed by atoms with Crippen LogP contribution in [0.15, 0.2) is 43.0 Å². The van der Waals surface area contributed by atoms with E-state index < -0.39 is 96.6 Å². The topological polar surface area (TPSA) is 427 Å². The van der Waals surface area contributed by atoms with Crippen molar-refractivity contribution in [2.75, 3.05) is 37.8 Å². The van der Waals surface area contributed by atoms with E-state index in [1.54, 1.807) is 0 Å². The molecule has 8 atom stereocenters. The van der Waals surface area contributed by atoms with Gasteiger partial charge in [0.25, 0.3) is 0 Å². The number of nitrogens with zero attached hydrogens (tertiary/aromatic N) is 4. The Hall–Kier alpha value is -3.79. The second kappa shape index (κ2) is 23.4. The molecule has 4 rings (SSSR count). The van der Waals surface area contributed by atoms with Crippen LogP contribution in [0.4, 0.5) is 5.82 Å². The summed E-state index contributed by atoms with van der Waals surface area (Å²) >= 11 is 1.03. The van der Waals surface area contributed by atoms with Crippen molar-refractivity contribution in [1.82, 2.24) is 30.2 Å². The molecule has 1 fully saturated rings. The van der Waals surface area contributed by atoms with Crippen molar-refractivity contribution in [2.24, 2.45) is 11.1 Å². The van der Waals surface area contributed by atoms with Crippen LogP contribution < -0.4 is 22.1 Å². The molecule has 63 heavy (non-hydrogen) atoms. The van der Waals surface area contributed by atoms with Crippen LogP contribution in [0.2, 0.25) is 0 Å². The summed E-state index contributed by atoms with van der Waals surface area (Å²) in [4.78, 5) is 96.3. The number of carbonyl (C=O) groups excluding carboxylic acids is 3. The summed E-state index contributed by atoms with van der Waals surface area (Å²) in [5.41, 5.74) is 10.6. The van der Waals surface area contributed by atoms with Crippen LogP contribution in [-0.4, -0.2) is 140 Å². The van der Waals surface area contributed by atoms with Gasteiger partial charge in [0, 0.05) is 37.6 Å². The monoisotopic (exact) mass is 974 g/mol. The number of aromatic nitrogens is 4. The van der Waals surface area contributed by atoms with Gasteiger partial charge in [-0.1, -0.05) is 55.9 Å². The first-order valence-electron chi connectivity index (χ1n) is 18.3. The first-order chi connectivity index (χ1) is 29.2. The number of nitrogen functional groups attached to an aromatic ring is 1. The fourth-order valence-electron chi connectivity index (χ4n) is 5.28. The number of nitrogens with two attached hydrogens (primary N) is 2. The summed E-state index contributed by atoms with van der Waals surface area (Å²) in [5.74, 6) is -2.04. The lowest BCUT2D eigenvalue weighted by Crippen LogP contribution is -2.46. The number of anilines is 1. The number of nitrogens with one attached hydrogen (secondary N) is 2. The predicted octanol–water partition coefficient (Wildman–Crippen LogP) is -0.674. The number of rotatable bonds is 22. The highest BCUT2D eigenvalue weighted by Gasteiger charge is 2.50. The van der Waals surface area contributed by atoms with Gasteiger partial charge in [0.05, 0.1) is 19.5 Å². The molecule has 2 amide bonds. The van der Waals surface area contributed by atoms with Gasteiger partial charge in [-0.15, -0.1) is 0 Å². The average molecular weight is 975 g/mol. The Labute approximate surface area is 362 Å². The maximum absolute atomic E-state index is 12.6. The zero-order valence-corrected chi connectivity index (χ0v) is 37.2. The third kappa shape index (κ3) is 17.6. The first kappa shape index (κ1) is 53.5. The summed E-state index contributed by atoms with van der Waals surface area (Å²) in [5, 5.41) is 34.6. The quantitative estimate of drug-likeness (QED) is 0.0439. The van der Waals surface area contributed by atoms with Crippen molar-refractivity contribution in [3.05, 3.63) is 48.5 Å². The molecule has 3 aromatic rings. The van der Waals surface area contributed by atoms with E-state index in [4.69, 9.17) is 30.4 Å². The Balaban J connectivity index is 0.000000756. The number of carbonyl (C=O) groups is 4. The van der Waals surface area contributed by atoms with E-state index >= 15 is 0 Å². The number of ether oxygens (including phenoxy) is 1. The van der Waals surface area contributed by atoms with Crippen LogP contribution in [0.25, 0.3) is 11.2 Å². The molecule has 352 valence electrons. The minimum Gasteiger partial charge on any atom is -0.480 e. The molecule has 31 heteroatoms. The fourth-order valence-corrected chi connectivity index (χ4v) is 8.60. The SMILES string of the molecule is CC(=O)SCCNC(=O)CCNC(=O)C(O)C(C)(C)COP(=O)(O)OP(=O)(O)OC[C@H]1O[C@@H](n2cnc3c(N)ncnc32)[C@H](O)[C@@H]1OP(=O)(O)O.NC(Cc1ccccc1)C(=O)O. The minimum atomic E-state index is -5.56. The maximum atomic E-state index is 12.6. The molecule has 0 radical (unpaired) electrons. The van der Waals surface area contributed by atoms with E-state index in [9.17, 15) is 62.7 Å². The molecule has 0 saturated carbocycles. The maximum Gasteiger partial charge on any atom is 0.481 e. The molecule has 1 aromatic carbocycles. The number of thioether (sulfide) groups is 1. The molecule has 1 saturated heterocycles. The number of phosphoric acid groups is 3. The smallest absolute Gasteiger partial charge is 0.480 e. The molecule has 1 aliphatic heterocycles. The van der Waals surface area contributed by atoms with Crippen LogP contribution in [0, 0.1) is 5.41 Å². The third-order valence-electron chi connectivity index (χ3n) is 8.42. The van der Waals surface area contributed by atoms with Gasteiger partial charge in [-0.2, -0.15) is 4.31 Å². The number of hydrogen-bond acceptors (Lipinski definition) is 20. The Kier molecular flexibility index (Phi) is 19.9. The number of carboxylic acids is 1. The first-order valence-corrected chi connectivity index (χ1v) is 23.8. The lowest BCUT2D eigenvalue weighted by Gasteiger charge is -2.30. The average Bonchev–Trinajstić information content (AvgIpc) is 3.75. The van der Waals surface area contributed by atoms with E-state index in [0.29, 0.717) is 12.2 Å². The largest absolute Gasteiger partial charge is 0.481 e. The Morgan fingerprint density at radius 3 is 2.27 bits per heavy atom. The van der Waals surface area contributed by atoms with Crippen molar-refractivity contribution in [2.45, 2.75) is 70.3 Å². The highest BCUT2D eigenvalue weighted by Crippen LogP contribution is 2.61. The van der Waals surface area contributed by atoms with Gasteiger partial charge in [-0.3, -0.25) is 37.3 Å². The highest BCUT2D eigenvalue weighted by atomic mass is 32.2. The van der Waals surface area contributed by atoms with Crippen molar-refractivity contribution < 1.29 is 90.4 Å². The van der Waals surface area contributed by atoms with Crippen LogP contribution in [0.5, 0.6) is 0 Å². The zero-order valence-electron chi connectivity index (χ0n) is 33.7. The molecule has 1 aliphatic rings. The van der Waals surface area contributed by atoms with E-state index in [1.165, 1.54) is 20.8 Å². The number of amides is 2. The number of aliphatic carboxylic acids is 1. The number of aliphatic hydroxyl groups excluding tert-OH is 2. The minimum absolute atomic E-state index is 0.0310. The van der Waals surface area contributed by atoms with Crippen molar-refractivity contribution in [3.8, 4) is 0 Å². The van der Waals surface area contributed by atoms with Gasteiger partial charge in [0.1, 0.15) is 42.3 Å². The van der Waals surface area contributed by atoms with Crippen LogP contribution in [0.1, 0.15) is 39.0 Å². The second-order valence-corrected chi connectivity index (χ2v) is 19.6. The van der Waals surface area contributed by atoms with Crippen LogP contribution in [-0.2, 0) is 61.9 Å². The summed E-state index contributed by atoms with van der Waals surface area (Å²) in [6.45, 7) is 1.90. The number of imidazole rings is 1.